The van der Waals surface area contributed by atoms with E-state index in [1.807, 2.05) is 6.07 Å². The first-order valence-corrected chi connectivity index (χ1v) is 4.81. The number of nitrogens with one attached hydrogen (secondary N) is 2. The highest BCUT2D eigenvalue weighted by atomic mass is 16.5. The van der Waals surface area contributed by atoms with Crippen molar-refractivity contribution in [2.24, 2.45) is 0 Å². The molecule has 88 valence electrons. The van der Waals surface area contributed by atoms with E-state index in [-0.39, 0.29) is 12.4 Å². The van der Waals surface area contributed by atoms with Gasteiger partial charge in [-0.15, -0.1) is 10.2 Å². The van der Waals surface area contributed by atoms with Gasteiger partial charge in [0.05, 0.1) is 7.11 Å². The SMILES string of the molecule is COc1ncccc1CNC(=O)c1nn[nH]n1. The molecule has 0 aliphatic rings. The lowest BCUT2D eigenvalue weighted by molar-refractivity contribution is 0.0940. The molecule has 0 aromatic carbocycles. The van der Waals surface area contributed by atoms with Crippen LogP contribution in [0.1, 0.15) is 16.2 Å². The van der Waals surface area contributed by atoms with E-state index in [0.29, 0.717) is 5.88 Å². The molecule has 2 heterocycles. The zero-order chi connectivity index (χ0) is 12.1. The van der Waals surface area contributed by atoms with Crippen LogP contribution in [0.3, 0.4) is 0 Å². The van der Waals surface area contributed by atoms with Crippen LogP contribution >= 0.6 is 0 Å². The molecule has 0 saturated carbocycles. The van der Waals surface area contributed by atoms with Gasteiger partial charge in [-0.25, -0.2) is 4.98 Å². The van der Waals surface area contributed by atoms with E-state index in [4.69, 9.17) is 4.74 Å². The molecule has 2 N–H and O–H groups in total. The van der Waals surface area contributed by atoms with Crippen LogP contribution in [0.5, 0.6) is 5.88 Å². The van der Waals surface area contributed by atoms with Crippen LogP contribution in [-0.4, -0.2) is 38.6 Å². The quantitative estimate of drug-likeness (QED) is 0.741. The second-order valence-corrected chi connectivity index (χ2v) is 3.09. The maximum absolute atomic E-state index is 11.5. The molecule has 8 heteroatoms. The fraction of sp³-hybridized carbons (Fsp3) is 0.222. The summed E-state index contributed by atoms with van der Waals surface area (Å²) in [5.74, 6) is 0.0541. The molecule has 0 fully saturated rings. The number of tetrazole rings is 1. The van der Waals surface area contributed by atoms with E-state index in [2.05, 4.69) is 30.9 Å². The summed E-state index contributed by atoms with van der Waals surface area (Å²) >= 11 is 0. The number of aromatic nitrogens is 5. The Hall–Kier alpha value is -2.51. The Labute approximate surface area is 96.4 Å². The smallest absolute Gasteiger partial charge is 0.293 e. The zero-order valence-corrected chi connectivity index (χ0v) is 9.04. The molecule has 0 radical (unpaired) electrons. The number of hydrogen-bond acceptors (Lipinski definition) is 6. The number of methoxy groups -OCH3 is 1. The second-order valence-electron chi connectivity index (χ2n) is 3.09. The minimum absolute atomic E-state index is 0.00661. The number of carbonyl (C=O) groups is 1. The zero-order valence-electron chi connectivity index (χ0n) is 9.04. The van der Waals surface area contributed by atoms with Crippen molar-refractivity contribution in [1.29, 1.82) is 0 Å². The van der Waals surface area contributed by atoms with Crippen molar-refractivity contribution in [2.75, 3.05) is 7.11 Å². The van der Waals surface area contributed by atoms with Gasteiger partial charge in [0.15, 0.2) is 0 Å². The van der Waals surface area contributed by atoms with Crippen LogP contribution in [-0.2, 0) is 6.54 Å². The normalized spacial score (nSPS) is 9.94. The molecule has 0 atom stereocenters. The fourth-order valence-corrected chi connectivity index (χ4v) is 1.26. The predicted octanol–water partition coefficient (Wildman–Crippen LogP) is -0.467. The fourth-order valence-electron chi connectivity index (χ4n) is 1.26. The van der Waals surface area contributed by atoms with E-state index >= 15 is 0 Å². The molecule has 0 spiro atoms. The summed E-state index contributed by atoms with van der Waals surface area (Å²) in [7, 11) is 1.52. The van der Waals surface area contributed by atoms with E-state index in [0.717, 1.165) is 5.56 Å². The summed E-state index contributed by atoms with van der Waals surface area (Å²) in [4.78, 5) is 15.5. The first-order chi connectivity index (χ1) is 8.31. The first kappa shape index (κ1) is 11.0. The Morgan fingerprint density at radius 1 is 1.59 bits per heavy atom. The lowest BCUT2D eigenvalue weighted by Gasteiger charge is -2.06. The molecule has 1 amide bonds. The number of rotatable bonds is 4. The summed E-state index contributed by atoms with van der Waals surface area (Å²) < 4.78 is 5.06. The van der Waals surface area contributed by atoms with Crippen molar-refractivity contribution in [1.82, 2.24) is 30.9 Å². The number of amides is 1. The topological polar surface area (TPSA) is 106 Å². The van der Waals surface area contributed by atoms with Crippen LogP contribution in [0.4, 0.5) is 0 Å². The maximum Gasteiger partial charge on any atom is 0.293 e. The molecule has 2 aromatic rings. The molecule has 0 unspecified atom stereocenters. The second kappa shape index (κ2) is 5.01. The number of hydrogen-bond donors (Lipinski definition) is 2. The molecule has 2 aromatic heterocycles. The van der Waals surface area contributed by atoms with Gasteiger partial charge in [0.1, 0.15) is 0 Å². The van der Waals surface area contributed by atoms with Gasteiger partial charge in [-0.3, -0.25) is 4.79 Å². The molecule has 0 saturated heterocycles. The van der Waals surface area contributed by atoms with Crippen molar-refractivity contribution >= 4 is 5.91 Å². The highest BCUT2D eigenvalue weighted by molar-refractivity contribution is 5.89. The van der Waals surface area contributed by atoms with Gasteiger partial charge in [-0.05, 0) is 11.3 Å². The summed E-state index contributed by atoms with van der Waals surface area (Å²) in [6.07, 6.45) is 1.61. The predicted molar refractivity (Wildman–Crippen MR) is 56.1 cm³/mol. The number of ether oxygens (including phenoxy) is 1. The Kier molecular flexibility index (Phi) is 3.24. The third-order valence-electron chi connectivity index (χ3n) is 2.03. The Balaban J connectivity index is 2.00. The monoisotopic (exact) mass is 234 g/mol. The molecule has 8 nitrogen and oxygen atoms in total. The van der Waals surface area contributed by atoms with Gasteiger partial charge in [-0.1, -0.05) is 6.07 Å². The van der Waals surface area contributed by atoms with Crippen molar-refractivity contribution in [2.45, 2.75) is 6.54 Å². The summed E-state index contributed by atoms with van der Waals surface area (Å²) in [6.45, 7) is 0.282. The van der Waals surface area contributed by atoms with E-state index in [1.165, 1.54) is 7.11 Å². The molecule has 0 aliphatic heterocycles. The van der Waals surface area contributed by atoms with Gasteiger partial charge in [0.25, 0.3) is 11.7 Å². The minimum Gasteiger partial charge on any atom is -0.481 e. The third-order valence-corrected chi connectivity index (χ3v) is 2.03. The Bertz CT molecular complexity index is 498. The minimum atomic E-state index is -0.412. The van der Waals surface area contributed by atoms with E-state index in [9.17, 15) is 4.79 Å². The first-order valence-electron chi connectivity index (χ1n) is 4.81. The van der Waals surface area contributed by atoms with Crippen LogP contribution < -0.4 is 10.1 Å². The number of H-pyrrole nitrogens is 1. The maximum atomic E-state index is 11.5. The standard InChI is InChI=1S/C9H10N6O2/c1-17-9-6(3-2-4-10-9)5-11-8(16)7-12-14-15-13-7/h2-4H,5H2,1H3,(H,11,16)(H,12,13,14,15). The Morgan fingerprint density at radius 3 is 3.18 bits per heavy atom. The number of nitrogens with zero attached hydrogens (tertiary/aromatic N) is 4. The lowest BCUT2D eigenvalue weighted by Crippen LogP contribution is -2.24. The van der Waals surface area contributed by atoms with Gasteiger partial charge < -0.3 is 10.1 Å². The highest BCUT2D eigenvalue weighted by Crippen LogP contribution is 2.12. The van der Waals surface area contributed by atoms with E-state index in [1.54, 1.807) is 12.3 Å². The molecule has 17 heavy (non-hydrogen) atoms. The van der Waals surface area contributed by atoms with Crippen LogP contribution in [0.25, 0.3) is 0 Å². The average molecular weight is 234 g/mol. The number of aromatic amines is 1. The molecular formula is C9H10N6O2. The van der Waals surface area contributed by atoms with Crippen LogP contribution in [0.2, 0.25) is 0 Å². The number of carbonyl (C=O) groups excluding carboxylic acids is 1. The van der Waals surface area contributed by atoms with Crippen LogP contribution in [0.15, 0.2) is 18.3 Å². The third kappa shape index (κ3) is 2.54. The van der Waals surface area contributed by atoms with Gasteiger partial charge in [-0.2, -0.15) is 5.21 Å². The summed E-state index contributed by atoms with van der Waals surface area (Å²) in [5.41, 5.74) is 0.770. The van der Waals surface area contributed by atoms with Crippen molar-refractivity contribution in [3.8, 4) is 5.88 Å². The van der Waals surface area contributed by atoms with Gasteiger partial charge >= 0.3 is 0 Å². The summed E-state index contributed by atoms with van der Waals surface area (Å²) in [6, 6.07) is 3.57. The van der Waals surface area contributed by atoms with Crippen LogP contribution in [0, 0.1) is 0 Å². The highest BCUT2D eigenvalue weighted by Gasteiger charge is 2.11. The van der Waals surface area contributed by atoms with Gasteiger partial charge in [0.2, 0.25) is 5.88 Å². The van der Waals surface area contributed by atoms with E-state index < -0.39 is 5.91 Å². The molecular weight excluding hydrogens is 224 g/mol. The van der Waals surface area contributed by atoms with Crippen molar-refractivity contribution in [3.63, 3.8) is 0 Å². The Morgan fingerprint density at radius 2 is 2.47 bits per heavy atom. The van der Waals surface area contributed by atoms with Crippen molar-refractivity contribution < 1.29 is 9.53 Å². The van der Waals surface area contributed by atoms with Gasteiger partial charge in [0, 0.05) is 18.3 Å². The molecule has 0 aliphatic carbocycles. The average Bonchev–Trinajstić information content (AvgIpc) is 2.90. The lowest BCUT2D eigenvalue weighted by atomic mass is 10.2. The number of pyridine rings is 1. The largest absolute Gasteiger partial charge is 0.481 e. The van der Waals surface area contributed by atoms with Crippen molar-refractivity contribution in [3.05, 3.63) is 29.7 Å². The summed E-state index contributed by atoms with van der Waals surface area (Å²) in [5, 5.41) is 15.3. The molecule has 0 bridgehead atoms. The molecule has 2 rings (SSSR count).